The van der Waals surface area contributed by atoms with Crippen LogP contribution in [0.15, 0.2) is 0 Å². The number of hydrogen-bond acceptors (Lipinski definition) is 1. The molecule has 0 aliphatic carbocycles. The second-order valence-electron chi connectivity index (χ2n) is 0.0913. The quantitative estimate of drug-likeness (QED) is 0.224. The van der Waals surface area contributed by atoms with Crippen LogP contribution in [-0.4, -0.2) is 11.6 Å². The van der Waals surface area contributed by atoms with Gasteiger partial charge in [-0.1, -0.05) is 6.47 Å². The maximum atomic E-state index is 8.24. The predicted molar refractivity (Wildman–Crippen MR) is 20.0 cm³/mol. The van der Waals surface area contributed by atoms with Crippen molar-refractivity contribution in [3.63, 3.8) is 0 Å². The first-order valence-electron chi connectivity index (χ1n) is 0.651. The monoisotopic (exact) mass is 130 g/mol. The molecule has 0 aromatic rings. The standard InChI is InChI=1S/CHO2.K.HNP/c2-1-3;;1-2/h(H,2,3);;2H/q-1;+1;-1. The van der Waals surface area contributed by atoms with E-state index < -0.39 is 0 Å². The molecule has 0 unspecified atom stereocenters. The summed E-state index contributed by atoms with van der Waals surface area (Å²) in [4.78, 5) is 8.24. The van der Waals surface area contributed by atoms with Gasteiger partial charge in [-0.25, -0.2) is 0 Å². The van der Waals surface area contributed by atoms with Crippen LogP contribution in [0.25, 0.3) is 5.16 Å². The van der Waals surface area contributed by atoms with Crippen molar-refractivity contribution in [2.24, 2.45) is 0 Å². The Morgan fingerprint density at radius 1 is 1.67 bits per heavy atom. The topological polar surface area (TPSA) is 59.6 Å². The van der Waals surface area contributed by atoms with E-state index in [9.17, 15) is 0 Å². The summed E-state index contributed by atoms with van der Waals surface area (Å²) >= 11 is 0. The summed E-state index contributed by atoms with van der Waals surface area (Å²) in [6, 6.07) is 0. The van der Waals surface area contributed by atoms with Gasteiger partial charge in [-0.15, -0.1) is 0 Å². The van der Waals surface area contributed by atoms with E-state index in [-0.39, 0.29) is 51.4 Å². The molecule has 0 atom stereocenters. The van der Waals surface area contributed by atoms with E-state index in [1.165, 1.54) is 0 Å². The normalized spacial score (nSPS) is 2.67. The smallest absolute Gasteiger partial charge is 0.786 e. The maximum absolute atomic E-state index is 8.24. The van der Waals surface area contributed by atoms with E-state index in [4.69, 9.17) is 15.1 Å². The molecule has 0 saturated heterocycles. The van der Waals surface area contributed by atoms with Crippen LogP contribution in [0.5, 0.6) is 0 Å². The fourth-order valence-corrected chi connectivity index (χ4v) is 0. The molecule has 0 radical (unpaired) electrons. The zero-order valence-electron chi connectivity index (χ0n) is 3.30. The van der Waals surface area contributed by atoms with Crippen LogP contribution in [0.1, 0.15) is 0 Å². The van der Waals surface area contributed by atoms with Crippen molar-refractivity contribution in [1.29, 1.82) is 0 Å². The molecule has 0 spiro atoms. The van der Waals surface area contributed by atoms with Gasteiger partial charge < -0.3 is 15.1 Å². The average Bonchev–Trinajstić information content (AvgIpc) is 1.46. The summed E-state index contributed by atoms with van der Waals surface area (Å²) in [6.45, 7) is 0.500. The number of hydrogen-bond donors (Lipinski definition) is 1. The second-order valence-corrected chi connectivity index (χ2v) is 0.0913. The van der Waals surface area contributed by atoms with Crippen LogP contribution in [0.3, 0.4) is 0 Å². The van der Waals surface area contributed by atoms with Gasteiger partial charge >= 0.3 is 51.4 Å². The van der Waals surface area contributed by atoms with E-state index in [1.807, 2.05) is 9.03 Å². The Morgan fingerprint density at radius 2 is 1.67 bits per heavy atom. The van der Waals surface area contributed by atoms with Crippen LogP contribution in [0.4, 0.5) is 0 Å². The summed E-state index contributed by atoms with van der Waals surface area (Å²) in [6.07, 6.45) is 0. The summed E-state index contributed by atoms with van der Waals surface area (Å²) < 4.78 is 0. The Labute approximate surface area is 80.6 Å². The van der Waals surface area contributed by atoms with Crippen LogP contribution >= 0.6 is 9.03 Å². The SMILES string of the molecule is O=[C-]O.[K+].[N-]=P. The fourth-order valence-electron chi connectivity index (χ4n) is 0. The average molecular weight is 130 g/mol. The Morgan fingerprint density at radius 3 is 1.67 bits per heavy atom. The van der Waals surface area contributed by atoms with Crippen molar-refractivity contribution in [1.82, 2.24) is 0 Å². The molecule has 0 aromatic heterocycles. The zero-order chi connectivity index (χ0) is 4.71. The van der Waals surface area contributed by atoms with Gasteiger partial charge in [0.1, 0.15) is 0 Å². The minimum absolute atomic E-state index is 0. The summed E-state index contributed by atoms with van der Waals surface area (Å²) in [7, 11) is 1.97. The Balaban J connectivity index is -0.0000000275. The molecule has 5 heteroatoms. The van der Waals surface area contributed by atoms with Gasteiger partial charge in [-0.05, 0) is 0 Å². The first-order chi connectivity index (χ1) is 2.41. The van der Waals surface area contributed by atoms with Gasteiger partial charge in [-0.2, -0.15) is 0 Å². The first kappa shape index (κ1) is 15.7. The largest absolute Gasteiger partial charge is 1.00 e. The molecule has 3 nitrogen and oxygen atoms in total. The molecular formula is CH2KNO2P-. The zero-order valence-corrected chi connectivity index (χ0v) is 7.43. The number of nitrogens with zero attached hydrogens (tertiary/aromatic N) is 1. The minimum atomic E-state index is 0. The van der Waals surface area contributed by atoms with Crippen molar-refractivity contribution in [2.75, 3.05) is 0 Å². The van der Waals surface area contributed by atoms with Gasteiger partial charge in [-0.3, -0.25) is 9.03 Å². The van der Waals surface area contributed by atoms with Gasteiger partial charge in [0, 0.05) is 0 Å². The summed E-state index contributed by atoms with van der Waals surface area (Å²) in [5.41, 5.74) is 0. The third kappa shape index (κ3) is 63.3. The van der Waals surface area contributed by atoms with Crippen LogP contribution in [0.2, 0.25) is 0 Å². The molecule has 0 aliphatic heterocycles. The van der Waals surface area contributed by atoms with Gasteiger partial charge in [0.05, 0.1) is 0 Å². The molecule has 0 aromatic carbocycles. The summed E-state index contributed by atoms with van der Waals surface area (Å²) in [5.74, 6) is 0. The van der Waals surface area contributed by atoms with E-state index >= 15 is 0 Å². The van der Waals surface area contributed by atoms with Crippen molar-refractivity contribution < 1.29 is 61.3 Å². The van der Waals surface area contributed by atoms with Gasteiger partial charge in [0.25, 0.3) is 0 Å². The minimum Gasteiger partial charge on any atom is -0.786 e. The summed E-state index contributed by atoms with van der Waals surface area (Å²) in [5, 5.41) is 13.6. The Kier molecular flexibility index (Phi) is 90.4. The molecule has 0 rings (SSSR count). The molecule has 0 bridgehead atoms. The molecule has 0 heterocycles. The molecule has 0 fully saturated rings. The Hall–Kier alpha value is 1.21. The van der Waals surface area contributed by atoms with Gasteiger partial charge in [0.15, 0.2) is 0 Å². The molecule has 0 aliphatic rings. The van der Waals surface area contributed by atoms with Crippen LogP contribution < -0.4 is 51.4 Å². The predicted octanol–water partition coefficient (Wildman–Crippen LogP) is -2.50. The maximum Gasteiger partial charge on any atom is 1.00 e. The first-order valence-corrected chi connectivity index (χ1v) is 1.10. The van der Waals surface area contributed by atoms with Crippen LogP contribution in [0, 0.1) is 0 Å². The third-order valence-electron chi connectivity index (χ3n) is 0. The number of aliphatic hydroxyl groups excluding tert-OH is 1. The molecule has 0 saturated carbocycles. The van der Waals surface area contributed by atoms with Crippen molar-refractivity contribution in [3.8, 4) is 0 Å². The van der Waals surface area contributed by atoms with Crippen molar-refractivity contribution >= 4 is 15.5 Å². The molecule has 6 heavy (non-hydrogen) atoms. The van der Waals surface area contributed by atoms with Crippen LogP contribution in [-0.2, 0) is 4.79 Å². The van der Waals surface area contributed by atoms with E-state index in [2.05, 4.69) is 0 Å². The molecular weight excluding hydrogens is 128 g/mol. The molecule has 0 amide bonds. The third-order valence-corrected chi connectivity index (χ3v) is 0. The van der Waals surface area contributed by atoms with Crippen molar-refractivity contribution in [2.45, 2.75) is 0 Å². The van der Waals surface area contributed by atoms with E-state index in [0.717, 1.165) is 0 Å². The molecule has 30 valence electrons. The van der Waals surface area contributed by atoms with E-state index in [1.54, 1.807) is 0 Å². The Bertz CT molecular complexity index is 27.5. The van der Waals surface area contributed by atoms with E-state index in [0.29, 0.717) is 6.47 Å². The fraction of sp³-hybridized carbons (Fsp3) is 0. The molecule has 1 N–H and O–H groups in total. The second kappa shape index (κ2) is 34.6. The van der Waals surface area contributed by atoms with Gasteiger partial charge in [0.2, 0.25) is 0 Å². The number of rotatable bonds is 0. The van der Waals surface area contributed by atoms with Crippen molar-refractivity contribution in [3.05, 3.63) is 5.16 Å².